The first kappa shape index (κ1) is 24.5. The van der Waals surface area contributed by atoms with Crippen LogP contribution in [0.25, 0.3) is 0 Å². The standard InChI is InChI=1S/C22H28F2N4O.HI/c1-2-25-22(26-15-17-5-3-7-19(23)13-17)27-16-21(28-9-11-29-12-10-28)18-6-4-8-20(24)14-18;/h3-8,13-14,21H,2,9-12,15-16H2,1H3,(H2,25,26,27);1H. The average Bonchev–Trinajstić information content (AvgIpc) is 2.73. The lowest BCUT2D eigenvalue weighted by molar-refractivity contribution is 0.0169. The van der Waals surface area contributed by atoms with Crippen LogP contribution in [0.15, 0.2) is 53.5 Å². The number of halogens is 3. The maximum absolute atomic E-state index is 13.8. The van der Waals surface area contributed by atoms with Gasteiger partial charge in [0.2, 0.25) is 0 Å². The molecule has 0 saturated carbocycles. The van der Waals surface area contributed by atoms with Crippen molar-refractivity contribution in [1.29, 1.82) is 0 Å². The van der Waals surface area contributed by atoms with Crippen LogP contribution in [0.1, 0.15) is 24.1 Å². The fourth-order valence-corrected chi connectivity index (χ4v) is 3.40. The summed E-state index contributed by atoms with van der Waals surface area (Å²) in [6.45, 7) is 6.55. The van der Waals surface area contributed by atoms with E-state index in [0.717, 1.165) is 24.2 Å². The molecule has 3 rings (SSSR count). The molecule has 30 heavy (non-hydrogen) atoms. The van der Waals surface area contributed by atoms with E-state index < -0.39 is 0 Å². The van der Waals surface area contributed by atoms with Gasteiger partial charge in [-0.3, -0.25) is 4.90 Å². The third-order valence-corrected chi connectivity index (χ3v) is 4.84. The summed E-state index contributed by atoms with van der Waals surface area (Å²) in [5.41, 5.74) is 1.72. The van der Waals surface area contributed by atoms with Crippen molar-refractivity contribution < 1.29 is 13.5 Å². The van der Waals surface area contributed by atoms with E-state index in [-0.39, 0.29) is 41.7 Å². The van der Waals surface area contributed by atoms with Crippen LogP contribution in [-0.4, -0.2) is 50.3 Å². The van der Waals surface area contributed by atoms with E-state index in [1.165, 1.54) is 18.2 Å². The van der Waals surface area contributed by atoms with E-state index in [1.807, 2.05) is 19.1 Å². The van der Waals surface area contributed by atoms with Crippen LogP contribution in [0.5, 0.6) is 0 Å². The Morgan fingerprint density at radius 3 is 2.43 bits per heavy atom. The largest absolute Gasteiger partial charge is 0.379 e. The number of hydrogen-bond acceptors (Lipinski definition) is 3. The first-order valence-electron chi connectivity index (χ1n) is 9.99. The summed E-state index contributed by atoms with van der Waals surface area (Å²) in [5.74, 6) is 0.132. The summed E-state index contributed by atoms with van der Waals surface area (Å²) in [5, 5.41) is 6.58. The minimum Gasteiger partial charge on any atom is -0.379 e. The van der Waals surface area contributed by atoms with Crippen LogP contribution >= 0.6 is 24.0 Å². The zero-order valence-corrected chi connectivity index (χ0v) is 19.4. The summed E-state index contributed by atoms with van der Waals surface area (Å²) < 4.78 is 32.7. The fourth-order valence-electron chi connectivity index (χ4n) is 3.40. The van der Waals surface area contributed by atoms with Crippen molar-refractivity contribution in [3.05, 3.63) is 71.3 Å². The van der Waals surface area contributed by atoms with Gasteiger partial charge in [-0.25, -0.2) is 13.8 Å². The van der Waals surface area contributed by atoms with E-state index >= 15 is 0 Å². The third kappa shape index (κ3) is 7.48. The van der Waals surface area contributed by atoms with Crippen molar-refractivity contribution >= 4 is 29.9 Å². The smallest absolute Gasteiger partial charge is 0.191 e. The van der Waals surface area contributed by atoms with Gasteiger partial charge in [0, 0.05) is 26.2 Å². The normalized spacial score (nSPS) is 15.9. The molecule has 0 bridgehead atoms. The monoisotopic (exact) mass is 530 g/mol. The van der Waals surface area contributed by atoms with Gasteiger partial charge in [0.05, 0.1) is 25.8 Å². The highest BCUT2D eigenvalue weighted by molar-refractivity contribution is 14.0. The van der Waals surface area contributed by atoms with Crippen molar-refractivity contribution in [2.75, 3.05) is 39.4 Å². The molecule has 1 heterocycles. The van der Waals surface area contributed by atoms with E-state index in [4.69, 9.17) is 4.74 Å². The van der Waals surface area contributed by atoms with Gasteiger partial charge in [0.15, 0.2) is 5.96 Å². The molecule has 2 N–H and O–H groups in total. The number of aliphatic imine (C=N–C) groups is 1. The minimum atomic E-state index is -0.269. The van der Waals surface area contributed by atoms with Crippen LogP contribution in [0.3, 0.4) is 0 Å². The molecule has 0 aromatic heterocycles. The topological polar surface area (TPSA) is 48.9 Å². The van der Waals surface area contributed by atoms with E-state index in [2.05, 4.69) is 20.5 Å². The molecule has 0 aliphatic carbocycles. The van der Waals surface area contributed by atoms with Crippen molar-refractivity contribution in [2.24, 2.45) is 4.99 Å². The van der Waals surface area contributed by atoms with Gasteiger partial charge in [0.25, 0.3) is 0 Å². The van der Waals surface area contributed by atoms with Crippen LogP contribution in [0, 0.1) is 11.6 Å². The second-order valence-corrected chi connectivity index (χ2v) is 6.93. The Morgan fingerprint density at radius 2 is 1.77 bits per heavy atom. The van der Waals surface area contributed by atoms with Gasteiger partial charge in [-0.15, -0.1) is 24.0 Å². The number of rotatable bonds is 7. The Balaban J connectivity index is 0.00000320. The first-order valence-corrected chi connectivity index (χ1v) is 9.99. The molecule has 2 aromatic carbocycles. The van der Waals surface area contributed by atoms with Crippen molar-refractivity contribution in [2.45, 2.75) is 19.5 Å². The number of morpholine rings is 1. The Bertz CT molecular complexity index is 815. The molecule has 0 radical (unpaired) electrons. The van der Waals surface area contributed by atoms with Crippen molar-refractivity contribution in [3.63, 3.8) is 0 Å². The fraction of sp³-hybridized carbons (Fsp3) is 0.409. The average molecular weight is 530 g/mol. The number of benzene rings is 2. The molecule has 1 aliphatic heterocycles. The van der Waals surface area contributed by atoms with Crippen molar-refractivity contribution in [1.82, 2.24) is 15.5 Å². The van der Waals surface area contributed by atoms with E-state index in [1.54, 1.807) is 18.2 Å². The molecule has 0 amide bonds. The second kappa shape index (κ2) is 12.8. The second-order valence-electron chi connectivity index (χ2n) is 6.93. The predicted molar refractivity (Wildman–Crippen MR) is 126 cm³/mol. The summed E-state index contributed by atoms with van der Waals surface area (Å²) in [4.78, 5) is 6.86. The van der Waals surface area contributed by atoms with Crippen LogP contribution in [-0.2, 0) is 11.3 Å². The Labute approximate surface area is 193 Å². The predicted octanol–water partition coefficient (Wildman–Crippen LogP) is 3.71. The highest BCUT2D eigenvalue weighted by Crippen LogP contribution is 2.22. The van der Waals surface area contributed by atoms with Gasteiger partial charge >= 0.3 is 0 Å². The lowest BCUT2D eigenvalue weighted by atomic mass is 10.0. The number of ether oxygens (including phenoxy) is 1. The summed E-state index contributed by atoms with van der Waals surface area (Å²) >= 11 is 0. The lowest BCUT2D eigenvalue weighted by Gasteiger charge is -2.35. The highest BCUT2D eigenvalue weighted by atomic mass is 127. The highest BCUT2D eigenvalue weighted by Gasteiger charge is 2.23. The lowest BCUT2D eigenvalue weighted by Crippen LogP contribution is -2.46. The van der Waals surface area contributed by atoms with Gasteiger partial charge in [-0.2, -0.15) is 0 Å². The first-order chi connectivity index (χ1) is 14.2. The Kier molecular flexibility index (Phi) is 10.5. The zero-order valence-electron chi connectivity index (χ0n) is 17.1. The van der Waals surface area contributed by atoms with Crippen LogP contribution < -0.4 is 10.6 Å². The van der Waals surface area contributed by atoms with Crippen LogP contribution in [0.2, 0.25) is 0 Å². The Hall–Kier alpha value is -1.78. The molecule has 1 aliphatic rings. The molecule has 1 fully saturated rings. The van der Waals surface area contributed by atoms with Gasteiger partial charge in [-0.1, -0.05) is 24.3 Å². The number of nitrogens with zero attached hydrogens (tertiary/aromatic N) is 2. The van der Waals surface area contributed by atoms with Gasteiger partial charge < -0.3 is 15.4 Å². The van der Waals surface area contributed by atoms with Crippen LogP contribution in [0.4, 0.5) is 8.78 Å². The van der Waals surface area contributed by atoms with E-state index in [0.29, 0.717) is 38.8 Å². The summed E-state index contributed by atoms with van der Waals surface area (Å²) in [7, 11) is 0. The molecule has 0 spiro atoms. The molecule has 1 saturated heterocycles. The summed E-state index contributed by atoms with van der Waals surface area (Å²) in [6.07, 6.45) is 0. The van der Waals surface area contributed by atoms with Gasteiger partial charge in [-0.05, 0) is 42.3 Å². The maximum Gasteiger partial charge on any atom is 0.191 e. The number of guanidine groups is 1. The van der Waals surface area contributed by atoms with Crippen molar-refractivity contribution in [3.8, 4) is 0 Å². The maximum atomic E-state index is 13.8. The molecule has 164 valence electrons. The third-order valence-electron chi connectivity index (χ3n) is 4.84. The molecular weight excluding hydrogens is 501 g/mol. The van der Waals surface area contributed by atoms with E-state index in [9.17, 15) is 8.78 Å². The SMILES string of the molecule is CCNC(=NCc1cccc(F)c1)NCC(c1cccc(F)c1)N1CCOCC1.I. The quantitative estimate of drug-likeness (QED) is 0.326. The molecular formula is C22H29F2IN4O. The molecule has 8 heteroatoms. The molecule has 2 aromatic rings. The molecule has 1 atom stereocenters. The minimum absolute atomic E-state index is 0. The number of nitrogens with one attached hydrogen (secondary N) is 2. The molecule has 5 nitrogen and oxygen atoms in total. The number of hydrogen-bond donors (Lipinski definition) is 2. The van der Waals surface area contributed by atoms with Gasteiger partial charge in [0.1, 0.15) is 11.6 Å². The molecule has 1 unspecified atom stereocenters. The zero-order chi connectivity index (χ0) is 20.5. The Morgan fingerprint density at radius 1 is 1.07 bits per heavy atom. The summed E-state index contributed by atoms with van der Waals surface area (Å²) in [6, 6.07) is 13.1.